The number of nitrogens with two attached hydrogens (primary N) is 2. The lowest BCUT2D eigenvalue weighted by molar-refractivity contribution is 0.0980. The molecule has 0 fully saturated rings. The summed E-state index contributed by atoms with van der Waals surface area (Å²) in [5.41, 5.74) is 1.12. The van der Waals surface area contributed by atoms with E-state index in [9.17, 15) is 9.59 Å². The van der Waals surface area contributed by atoms with Crippen LogP contribution in [0.4, 0.5) is 11.8 Å². The fourth-order valence-electron chi connectivity index (χ4n) is 2.71. The Morgan fingerprint density at radius 3 is 1.68 bits per heavy atom. The van der Waals surface area contributed by atoms with Gasteiger partial charge in [0, 0.05) is 22.9 Å². The lowest BCUT2D eigenvalue weighted by Crippen LogP contribution is -2.41. The molecule has 0 aliphatic carbocycles. The molecule has 3 rings (SSSR count). The van der Waals surface area contributed by atoms with Crippen molar-refractivity contribution >= 4 is 23.6 Å². The number of amides is 2. The number of nitrogens with zero attached hydrogens (tertiary/aromatic N) is 4. The molecule has 0 spiro atoms. The fourth-order valence-corrected chi connectivity index (χ4v) is 2.71. The van der Waals surface area contributed by atoms with E-state index in [1.54, 1.807) is 55.5 Å². The number of anilines is 2. The quantitative estimate of drug-likeness (QED) is 0.349. The number of hydrogen-bond donors (Lipinski definition) is 2. The van der Waals surface area contributed by atoms with Crippen molar-refractivity contribution in [3.63, 3.8) is 0 Å². The zero-order chi connectivity index (χ0) is 22.5. The Labute approximate surface area is 178 Å². The number of hydrazine groups is 2. The Balaban J connectivity index is 1.85. The van der Waals surface area contributed by atoms with Gasteiger partial charge >= 0.3 is 0 Å². The van der Waals surface area contributed by atoms with Gasteiger partial charge in [-0.05, 0) is 55.5 Å². The molecule has 10 nitrogen and oxygen atoms in total. The Hall–Kier alpha value is -4.02. The van der Waals surface area contributed by atoms with Gasteiger partial charge in [-0.3, -0.25) is 9.59 Å². The lowest BCUT2D eigenvalue weighted by Gasteiger charge is -2.20. The molecule has 0 aliphatic heterocycles. The molecule has 0 bridgehead atoms. The molecule has 4 N–H and O–H groups in total. The maximum atomic E-state index is 12.7. The fraction of sp³-hybridized carbons (Fsp3) is 0.143. The third-order valence-corrected chi connectivity index (χ3v) is 4.40. The third kappa shape index (κ3) is 4.77. The molecular formula is C21H22N6O4. The summed E-state index contributed by atoms with van der Waals surface area (Å²) in [5, 5.41) is 1.66. The smallest absolute Gasteiger partial charge is 0.275 e. The summed E-state index contributed by atoms with van der Waals surface area (Å²) in [5.74, 6) is 12.1. The minimum Gasteiger partial charge on any atom is -0.497 e. The predicted molar refractivity (Wildman–Crippen MR) is 115 cm³/mol. The molecule has 3 aromatic rings. The number of hydrogen-bond acceptors (Lipinski definition) is 8. The van der Waals surface area contributed by atoms with Crippen molar-refractivity contribution in [3.8, 4) is 11.5 Å². The van der Waals surface area contributed by atoms with Crippen LogP contribution in [0.2, 0.25) is 0 Å². The van der Waals surface area contributed by atoms with E-state index in [-0.39, 0.29) is 11.8 Å². The zero-order valence-electron chi connectivity index (χ0n) is 17.3. The molecular weight excluding hydrogens is 400 g/mol. The van der Waals surface area contributed by atoms with Gasteiger partial charge in [0.1, 0.15) is 11.5 Å². The van der Waals surface area contributed by atoms with Crippen LogP contribution >= 0.6 is 0 Å². The van der Waals surface area contributed by atoms with Gasteiger partial charge in [-0.25, -0.2) is 26.7 Å². The summed E-state index contributed by atoms with van der Waals surface area (Å²) in [7, 11) is 3.06. The molecule has 0 atom stereocenters. The SMILES string of the molecule is COc1ccc(C(=O)N(N)c2cc(C)nc(N(N)C(=O)c3ccc(OC)cc3)n2)cc1. The van der Waals surface area contributed by atoms with Gasteiger partial charge in [-0.15, -0.1) is 0 Å². The number of aromatic nitrogens is 2. The summed E-state index contributed by atoms with van der Waals surface area (Å²) in [4.78, 5) is 33.8. The second-order valence-electron chi connectivity index (χ2n) is 6.47. The second-order valence-corrected chi connectivity index (χ2v) is 6.47. The van der Waals surface area contributed by atoms with E-state index >= 15 is 0 Å². The Kier molecular flexibility index (Phi) is 6.43. The first-order valence-electron chi connectivity index (χ1n) is 9.16. The zero-order valence-corrected chi connectivity index (χ0v) is 17.3. The molecule has 0 saturated heterocycles. The summed E-state index contributed by atoms with van der Waals surface area (Å²) in [6.45, 7) is 1.67. The first-order valence-corrected chi connectivity index (χ1v) is 9.16. The average Bonchev–Trinajstić information content (AvgIpc) is 2.81. The van der Waals surface area contributed by atoms with Gasteiger partial charge in [0.05, 0.1) is 14.2 Å². The van der Waals surface area contributed by atoms with E-state index in [2.05, 4.69) is 9.97 Å². The van der Waals surface area contributed by atoms with E-state index in [4.69, 9.17) is 21.2 Å². The Bertz CT molecular complexity index is 1000. The molecule has 10 heteroatoms. The molecule has 1 aromatic heterocycles. The molecule has 160 valence electrons. The standard InChI is InChI=1S/C21H22N6O4/c1-13-12-18(26(22)19(28)14-4-8-16(30-2)9-5-14)25-21(24-13)27(23)20(29)15-6-10-17(31-3)11-7-15/h4-12H,22-23H2,1-3H3. The van der Waals surface area contributed by atoms with Gasteiger partial charge in [-0.1, -0.05) is 0 Å². The maximum Gasteiger partial charge on any atom is 0.275 e. The highest BCUT2D eigenvalue weighted by Gasteiger charge is 2.21. The molecule has 0 aliphatic rings. The number of carbonyl (C=O) groups excluding carboxylic acids is 2. The van der Waals surface area contributed by atoms with E-state index in [0.717, 1.165) is 10.0 Å². The van der Waals surface area contributed by atoms with Crippen molar-refractivity contribution in [1.29, 1.82) is 0 Å². The van der Waals surface area contributed by atoms with Crippen LogP contribution in [0.5, 0.6) is 11.5 Å². The summed E-state index contributed by atoms with van der Waals surface area (Å²) in [6.07, 6.45) is 0. The first kappa shape index (κ1) is 21.7. The minimum atomic E-state index is -0.538. The van der Waals surface area contributed by atoms with Crippen LogP contribution in [0.3, 0.4) is 0 Å². The van der Waals surface area contributed by atoms with Gasteiger partial charge in [0.25, 0.3) is 11.8 Å². The topological polar surface area (TPSA) is 137 Å². The molecule has 0 unspecified atom stereocenters. The highest BCUT2D eigenvalue weighted by Crippen LogP contribution is 2.19. The van der Waals surface area contributed by atoms with Crippen molar-refractivity contribution < 1.29 is 19.1 Å². The van der Waals surface area contributed by atoms with Crippen LogP contribution in [0.25, 0.3) is 0 Å². The van der Waals surface area contributed by atoms with Crippen LogP contribution < -0.4 is 31.2 Å². The number of methoxy groups -OCH3 is 2. The number of ether oxygens (including phenoxy) is 2. The average molecular weight is 422 g/mol. The minimum absolute atomic E-state index is 0.0845. The van der Waals surface area contributed by atoms with Crippen molar-refractivity contribution in [2.45, 2.75) is 6.92 Å². The largest absolute Gasteiger partial charge is 0.497 e. The molecule has 0 saturated carbocycles. The number of carbonyl (C=O) groups is 2. The van der Waals surface area contributed by atoms with Crippen LogP contribution in [-0.2, 0) is 0 Å². The van der Waals surface area contributed by atoms with Crippen molar-refractivity contribution in [1.82, 2.24) is 9.97 Å². The van der Waals surface area contributed by atoms with E-state index in [1.165, 1.54) is 20.3 Å². The molecule has 31 heavy (non-hydrogen) atoms. The molecule has 2 aromatic carbocycles. The maximum absolute atomic E-state index is 12.7. The number of aryl methyl sites for hydroxylation is 1. The van der Waals surface area contributed by atoms with E-state index in [0.29, 0.717) is 28.3 Å². The summed E-state index contributed by atoms with van der Waals surface area (Å²) in [6, 6.07) is 14.4. The van der Waals surface area contributed by atoms with Crippen molar-refractivity contribution in [2.24, 2.45) is 11.7 Å². The van der Waals surface area contributed by atoms with Crippen LogP contribution in [0.15, 0.2) is 54.6 Å². The van der Waals surface area contributed by atoms with Crippen LogP contribution in [0.1, 0.15) is 26.4 Å². The monoisotopic (exact) mass is 422 g/mol. The van der Waals surface area contributed by atoms with Gasteiger partial charge in [0.2, 0.25) is 5.95 Å². The highest BCUT2D eigenvalue weighted by molar-refractivity contribution is 6.06. The molecule has 1 heterocycles. The Morgan fingerprint density at radius 1 is 0.774 bits per heavy atom. The predicted octanol–water partition coefficient (Wildman–Crippen LogP) is 1.84. The lowest BCUT2D eigenvalue weighted by atomic mass is 10.2. The number of rotatable bonds is 6. The number of benzene rings is 2. The van der Waals surface area contributed by atoms with Crippen LogP contribution in [0, 0.1) is 6.92 Å². The molecule has 0 radical (unpaired) electrons. The molecule has 2 amide bonds. The first-order chi connectivity index (χ1) is 14.8. The van der Waals surface area contributed by atoms with E-state index < -0.39 is 11.8 Å². The van der Waals surface area contributed by atoms with Gasteiger partial charge in [-0.2, -0.15) is 4.98 Å². The highest BCUT2D eigenvalue weighted by atomic mass is 16.5. The van der Waals surface area contributed by atoms with Crippen molar-refractivity contribution in [2.75, 3.05) is 24.2 Å². The van der Waals surface area contributed by atoms with Crippen molar-refractivity contribution in [3.05, 3.63) is 71.4 Å². The van der Waals surface area contributed by atoms with E-state index in [1.807, 2.05) is 0 Å². The third-order valence-electron chi connectivity index (χ3n) is 4.40. The van der Waals surface area contributed by atoms with Gasteiger partial charge in [0.15, 0.2) is 5.82 Å². The summed E-state index contributed by atoms with van der Waals surface area (Å²) >= 11 is 0. The second kappa shape index (κ2) is 9.20. The van der Waals surface area contributed by atoms with Gasteiger partial charge < -0.3 is 9.47 Å². The Morgan fingerprint density at radius 2 is 1.23 bits per heavy atom. The summed E-state index contributed by atoms with van der Waals surface area (Å²) < 4.78 is 10.2. The van der Waals surface area contributed by atoms with Crippen LogP contribution in [-0.4, -0.2) is 36.0 Å². The normalized spacial score (nSPS) is 10.4.